The summed E-state index contributed by atoms with van der Waals surface area (Å²) in [6.45, 7) is 2.85. The molecular weight excluding hydrogens is 567 g/mol. The first-order chi connectivity index (χ1) is 20.3. The summed E-state index contributed by atoms with van der Waals surface area (Å²) >= 11 is 6.49. The molecule has 11 heteroatoms. The van der Waals surface area contributed by atoms with Crippen LogP contribution < -0.4 is 15.0 Å². The minimum Gasteiger partial charge on any atom is -0.508 e. The van der Waals surface area contributed by atoms with Crippen LogP contribution in [0.25, 0.3) is 22.0 Å². The number of halogens is 4. The van der Waals surface area contributed by atoms with Gasteiger partial charge in [0.05, 0.1) is 11.1 Å². The van der Waals surface area contributed by atoms with E-state index in [9.17, 15) is 9.50 Å². The SMILES string of the molecule is Oc1cc(Cl)c(C2CC2)c(-c2c(F)cc3c(N4C[C@H]5CCC4CN5)nc(OC[C@@]45CCCN4C[C@H](F)C5)nc3c2F)c1. The Morgan fingerprint density at radius 2 is 1.98 bits per heavy atom. The number of nitrogens with one attached hydrogen (secondary N) is 1. The number of fused-ring (bicyclic) bond motifs is 5. The Kier molecular flexibility index (Phi) is 6.28. The lowest BCUT2D eigenvalue weighted by Gasteiger charge is -2.46. The quantitative estimate of drug-likeness (QED) is 0.376. The first kappa shape index (κ1) is 26.8. The Morgan fingerprint density at radius 3 is 2.71 bits per heavy atom. The van der Waals surface area contributed by atoms with Crippen molar-refractivity contribution in [2.24, 2.45) is 0 Å². The fourth-order valence-electron chi connectivity index (χ4n) is 7.90. The number of hydrogen-bond acceptors (Lipinski definition) is 7. The summed E-state index contributed by atoms with van der Waals surface area (Å²) in [6.07, 6.45) is 4.98. The summed E-state index contributed by atoms with van der Waals surface area (Å²) in [6, 6.07) is 4.49. The van der Waals surface area contributed by atoms with E-state index in [0.717, 1.165) is 51.6 Å². The average Bonchev–Trinajstić information content (AvgIpc) is 3.65. The Morgan fingerprint density at radius 1 is 1.12 bits per heavy atom. The number of alkyl halides is 1. The molecule has 42 heavy (non-hydrogen) atoms. The first-order valence-electron chi connectivity index (χ1n) is 15.0. The maximum absolute atomic E-state index is 16.7. The van der Waals surface area contributed by atoms with Crippen LogP contribution in [-0.2, 0) is 0 Å². The topological polar surface area (TPSA) is 73.8 Å². The summed E-state index contributed by atoms with van der Waals surface area (Å²) in [4.78, 5) is 13.5. The molecule has 5 aliphatic heterocycles. The van der Waals surface area contributed by atoms with Gasteiger partial charge in [-0.1, -0.05) is 11.6 Å². The van der Waals surface area contributed by atoms with E-state index >= 15 is 8.78 Å². The molecule has 4 atom stereocenters. The number of rotatable bonds is 6. The lowest BCUT2D eigenvalue weighted by atomic mass is 9.92. The Labute approximate surface area is 247 Å². The predicted octanol–water partition coefficient (Wildman–Crippen LogP) is 5.71. The molecule has 0 spiro atoms. The number of piperidine rings is 2. The van der Waals surface area contributed by atoms with Crippen LogP contribution in [-0.4, -0.2) is 76.6 Å². The number of nitrogens with zero attached hydrogens (tertiary/aromatic N) is 4. The van der Waals surface area contributed by atoms with E-state index in [1.807, 2.05) is 0 Å². The zero-order chi connectivity index (χ0) is 28.7. The second kappa shape index (κ2) is 9.86. The third-order valence-corrected chi connectivity index (χ3v) is 10.4. The standard InChI is InChI=1S/C31H33ClF3N5O2/c32-23-9-20(41)8-21(25(23)16-2-3-16)26-24(34)10-22-28(27(26)35)37-30(38-29(22)40-14-18-4-5-19(40)12-36-18)42-15-31-6-1-7-39(31)13-17(33)11-31/h8-10,16-19,36,41H,1-7,11-15H2/t17-,18-,19?,31+/m1/s1. The number of phenolic OH excluding ortho intramolecular Hbond substituents is 1. The van der Waals surface area contributed by atoms with Crippen LogP contribution in [0, 0.1) is 11.6 Å². The molecule has 6 fully saturated rings. The van der Waals surface area contributed by atoms with Gasteiger partial charge in [-0.2, -0.15) is 9.97 Å². The molecular formula is C31H33ClF3N5O2. The number of hydrogen-bond donors (Lipinski definition) is 2. The van der Waals surface area contributed by atoms with E-state index in [0.29, 0.717) is 35.9 Å². The largest absolute Gasteiger partial charge is 0.508 e. The molecule has 1 saturated carbocycles. The average molecular weight is 600 g/mol. The molecule has 1 unspecified atom stereocenters. The number of aromatic hydroxyl groups is 1. The van der Waals surface area contributed by atoms with E-state index in [1.54, 1.807) is 0 Å². The van der Waals surface area contributed by atoms with Crippen LogP contribution in [0.5, 0.6) is 11.8 Å². The van der Waals surface area contributed by atoms with Gasteiger partial charge in [-0.15, -0.1) is 0 Å². The van der Waals surface area contributed by atoms with E-state index in [-0.39, 0.29) is 58.4 Å². The molecule has 2 bridgehead atoms. The zero-order valence-corrected chi connectivity index (χ0v) is 23.9. The minimum absolute atomic E-state index is 0.00301. The highest BCUT2D eigenvalue weighted by atomic mass is 35.5. The molecule has 2 N–H and O–H groups in total. The van der Waals surface area contributed by atoms with Crippen LogP contribution >= 0.6 is 11.6 Å². The summed E-state index contributed by atoms with van der Waals surface area (Å²) < 4.78 is 53.3. The van der Waals surface area contributed by atoms with Crippen molar-refractivity contribution in [3.05, 3.63) is 40.4 Å². The van der Waals surface area contributed by atoms with Crippen molar-refractivity contribution in [1.29, 1.82) is 0 Å². The Hall–Kier alpha value is -2.82. The Balaban J connectivity index is 1.27. The molecule has 1 aliphatic carbocycles. The Bertz CT molecular complexity index is 1580. The van der Waals surface area contributed by atoms with E-state index in [4.69, 9.17) is 21.3 Å². The number of benzene rings is 2. The molecule has 9 rings (SSSR count). The number of anilines is 1. The summed E-state index contributed by atoms with van der Waals surface area (Å²) in [5, 5.41) is 14.4. The van der Waals surface area contributed by atoms with Gasteiger partial charge in [0.2, 0.25) is 0 Å². The third-order valence-electron chi connectivity index (χ3n) is 10.1. The van der Waals surface area contributed by atoms with Gasteiger partial charge in [-0.05, 0) is 80.3 Å². The maximum Gasteiger partial charge on any atom is 0.319 e. The van der Waals surface area contributed by atoms with Crippen LogP contribution in [0.2, 0.25) is 5.02 Å². The van der Waals surface area contributed by atoms with Gasteiger partial charge < -0.3 is 20.1 Å². The van der Waals surface area contributed by atoms with E-state index < -0.39 is 23.3 Å². The van der Waals surface area contributed by atoms with Crippen molar-refractivity contribution >= 4 is 28.3 Å². The second-order valence-electron chi connectivity index (χ2n) is 12.8. The van der Waals surface area contributed by atoms with Gasteiger partial charge >= 0.3 is 6.01 Å². The monoisotopic (exact) mass is 599 g/mol. The van der Waals surface area contributed by atoms with Crippen molar-refractivity contribution < 1.29 is 23.0 Å². The minimum atomic E-state index is -0.906. The van der Waals surface area contributed by atoms with Gasteiger partial charge in [-0.3, -0.25) is 4.90 Å². The van der Waals surface area contributed by atoms with Crippen molar-refractivity contribution in [2.75, 3.05) is 37.7 Å². The fourth-order valence-corrected chi connectivity index (χ4v) is 8.27. The molecule has 6 heterocycles. The highest BCUT2D eigenvalue weighted by molar-refractivity contribution is 6.32. The van der Waals surface area contributed by atoms with Crippen molar-refractivity contribution in [3.8, 4) is 22.9 Å². The number of ether oxygens (including phenoxy) is 1. The lowest BCUT2D eigenvalue weighted by molar-refractivity contribution is 0.107. The zero-order valence-electron chi connectivity index (χ0n) is 23.2. The van der Waals surface area contributed by atoms with Gasteiger partial charge in [-0.25, -0.2) is 13.2 Å². The lowest BCUT2D eigenvalue weighted by Crippen LogP contribution is -2.61. The smallest absolute Gasteiger partial charge is 0.319 e. The highest BCUT2D eigenvalue weighted by Crippen LogP contribution is 2.50. The number of aromatic nitrogens is 2. The predicted molar refractivity (Wildman–Crippen MR) is 154 cm³/mol. The van der Waals surface area contributed by atoms with Crippen LogP contribution in [0.1, 0.15) is 56.4 Å². The van der Waals surface area contributed by atoms with Crippen molar-refractivity contribution in [1.82, 2.24) is 20.2 Å². The van der Waals surface area contributed by atoms with Crippen LogP contribution in [0.4, 0.5) is 19.0 Å². The molecule has 2 aromatic carbocycles. The van der Waals surface area contributed by atoms with Crippen LogP contribution in [0.3, 0.4) is 0 Å². The van der Waals surface area contributed by atoms with Gasteiger partial charge in [0, 0.05) is 48.5 Å². The second-order valence-corrected chi connectivity index (χ2v) is 13.2. The molecule has 0 radical (unpaired) electrons. The van der Waals surface area contributed by atoms with Gasteiger partial charge in [0.1, 0.15) is 35.7 Å². The number of piperazine rings is 1. The summed E-state index contributed by atoms with van der Waals surface area (Å²) in [5.41, 5.74) is 0.146. The third kappa shape index (κ3) is 4.32. The van der Waals surface area contributed by atoms with E-state index in [1.165, 1.54) is 18.2 Å². The van der Waals surface area contributed by atoms with Crippen molar-refractivity contribution in [2.45, 2.75) is 74.7 Å². The molecule has 6 aliphatic rings. The maximum atomic E-state index is 16.7. The highest BCUT2D eigenvalue weighted by Gasteiger charge is 2.49. The van der Waals surface area contributed by atoms with Gasteiger partial charge in [0.25, 0.3) is 0 Å². The summed E-state index contributed by atoms with van der Waals surface area (Å²) in [7, 11) is 0. The van der Waals surface area contributed by atoms with Crippen molar-refractivity contribution in [3.63, 3.8) is 0 Å². The molecule has 7 nitrogen and oxygen atoms in total. The van der Waals surface area contributed by atoms with Gasteiger partial charge in [0.15, 0.2) is 5.82 Å². The molecule has 3 aromatic rings. The molecule has 1 aromatic heterocycles. The summed E-state index contributed by atoms with van der Waals surface area (Å²) in [5.74, 6) is -1.23. The fraction of sp³-hybridized carbons (Fsp3) is 0.548. The van der Waals surface area contributed by atoms with Crippen LogP contribution in [0.15, 0.2) is 18.2 Å². The molecule has 222 valence electrons. The van der Waals surface area contributed by atoms with E-state index in [2.05, 4.69) is 20.1 Å². The molecule has 5 saturated heterocycles. The normalized spacial score (nSPS) is 29.0. The first-order valence-corrected chi connectivity index (χ1v) is 15.4. The number of phenols is 1. The molecule has 0 amide bonds.